The van der Waals surface area contributed by atoms with Gasteiger partial charge in [0.05, 0.1) is 25.9 Å². The van der Waals surface area contributed by atoms with Gasteiger partial charge in [0, 0.05) is 18.7 Å². The third-order valence-electron chi connectivity index (χ3n) is 3.96. The van der Waals surface area contributed by atoms with Crippen molar-refractivity contribution in [1.29, 1.82) is 0 Å². The van der Waals surface area contributed by atoms with Crippen LogP contribution in [0.25, 0.3) is 11.3 Å². The molecule has 0 radical (unpaired) electrons. The van der Waals surface area contributed by atoms with E-state index in [4.69, 9.17) is 9.15 Å². The summed E-state index contributed by atoms with van der Waals surface area (Å²) in [7, 11) is 0. The maximum Gasteiger partial charge on any atom is 0.134 e. The summed E-state index contributed by atoms with van der Waals surface area (Å²) < 4.78 is 11.2. The van der Waals surface area contributed by atoms with Gasteiger partial charge in [-0.3, -0.25) is 4.90 Å². The lowest BCUT2D eigenvalue weighted by Crippen LogP contribution is -2.46. The summed E-state index contributed by atoms with van der Waals surface area (Å²) in [5.74, 6) is 1.82. The third-order valence-corrected chi connectivity index (χ3v) is 3.96. The number of aryl methyl sites for hydroxylation is 1. The SMILES string of the molecule is Cc1ccc(-c2ccccc2CN2CCOC[C@H]2CO)o1. The molecule has 4 heteroatoms. The first kappa shape index (κ1) is 14.3. The quantitative estimate of drug-likeness (QED) is 0.938. The van der Waals surface area contributed by atoms with E-state index in [1.165, 1.54) is 5.56 Å². The lowest BCUT2D eigenvalue weighted by atomic mass is 10.0. The Kier molecular flexibility index (Phi) is 4.39. The largest absolute Gasteiger partial charge is 0.461 e. The highest BCUT2D eigenvalue weighted by Crippen LogP contribution is 2.27. The molecule has 0 saturated carbocycles. The van der Waals surface area contributed by atoms with E-state index in [1.54, 1.807) is 0 Å². The zero-order valence-electron chi connectivity index (χ0n) is 12.3. The second-order valence-corrected chi connectivity index (χ2v) is 5.45. The molecule has 1 fully saturated rings. The number of nitrogens with zero attached hydrogens (tertiary/aromatic N) is 1. The predicted molar refractivity (Wildman–Crippen MR) is 81.0 cm³/mol. The Balaban J connectivity index is 1.85. The van der Waals surface area contributed by atoms with Crippen LogP contribution in [0.2, 0.25) is 0 Å². The number of hydrogen-bond acceptors (Lipinski definition) is 4. The fourth-order valence-corrected chi connectivity index (χ4v) is 2.76. The molecule has 0 amide bonds. The van der Waals surface area contributed by atoms with Crippen LogP contribution in [0.15, 0.2) is 40.8 Å². The first-order valence-corrected chi connectivity index (χ1v) is 7.35. The molecule has 1 aliphatic heterocycles. The van der Waals surface area contributed by atoms with E-state index < -0.39 is 0 Å². The van der Waals surface area contributed by atoms with Crippen molar-refractivity contribution in [3.05, 3.63) is 47.7 Å². The highest BCUT2D eigenvalue weighted by atomic mass is 16.5. The van der Waals surface area contributed by atoms with Crippen LogP contribution in [0, 0.1) is 6.92 Å². The summed E-state index contributed by atoms with van der Waals surface area (Å²) >= 11 is 0. The van der Waals surface area contributed by atoms with Crippen molar-refractivity contribution in [3.63, 3.8) is 0 Å². The molecule has 0 spiro atoms. The van der Waals surface area contributed by atoms with E-state index in [0.29, 0.717) is 6.61 Å². The predicted octanol–water partition coefficient (Wildman–Crippen LogP) is 2.45. The maximum atomic E-state index is 9.49. The Hall–Kier alpha value is -1.62. The number of hydrogen-bond donors (Lipinski definition) is 1. The molecule has 0 unspecified atom stereocenters. The minimum absolute atomic E-state index is 0.0742. The molecule has 2 aromatic rings. The smallest absolute Gasteiger partial charge is 0.134 e. The summed E-state index contributed by atoms with van der Waals surface area (Å²) in [5.41, 5.74) is 2.33. The fourth-order valence-electron chi connectivity index (χ4n) is 2.76. The molecule has 112 valence electrons. The molecule has 0 bridgehead atoms. The Morgan fingerprint density at radius 1 is 1.24 bits per heavy atom. The van der Waals surface area contributed by atoms with Gasteiger partial charge in [0.2, 0.25) is 0 Å². The van der Waals surface area contributed by atoms with Crippen molar-refractivity contribution in [3.8, 4) is 11.3 Å². The van der Waals surface area contributed by atoms with Gasteiger partial charge in [0.25, 0.3) is 0 Å². The number of rotatable bonds is 4. The lowest BCUT2D eigenvalue weighted by molar-refractivity contribution is -0.0312. The number of morpholine rings is 1. The zero-order chi connectivity index (χ0) is 14.7. The van der Waals surface area contributed by atoms with Crippen LogP contribution < -0.4 is 0 Å². The van der Waals surface area contributed by atoms with Gasteiger partial charge in [-0.25, -0.2) is 0 Å². The minimum atomic E-state index is 0.0742. The Morgan fingerprint density at radius 2 is 2.10 bits per heavy atom. The van der Waals surface area contributed by atoms with Crippen LogP contribution in [-0.2, 0) is 11.3 Å². The van der Waals surface area contributed by atoms with Gasteiger partial charge in [-0.1, -0.05) is 24.3 Å². The van der Waals surface area contributed by atoms with E-state index in [0.717, 1.165) is 36.8 Å². The average Bonchev–Trinajstić information content (AvgIpc) is 2.95. The Morgan fingerprint density at radius 3 is 2.86 bits per heavy atom. The van der Waals surface area contributed by atoms with E-state index in [2.05, 4.69) is 17.0 Å². The Bertz CT molecular complexity index is 593. The molecule has 1 atom stereocenters. The van der Waals surface area contributed by atoms with Crippen molar-refractivity contribution >= 4 is 0 Å². The average molecular weight is 287 g/mol. The summed E-state index contributed by atoms with van der Waals surface area (Å²) in [5, 5.41) is 9.49. The van der Waals surface area contributed by atoms with Crippen molar-refractivity contribution < 1.29 is 14.3 Å². The highest BCUT2D eigenvalue weighted by molar-refractivity contribution is 5.62. The van der Waals surface area contributed by atoms with Gasteiger partial charge in [-0.05, 0) is 24.6 Å². The zero-order valence-corrected chi connectivity index (χ0v) is 12.3. The first-order valence-electron chi connectivity index (χ1n) is 7.35. The van der Waals surface area contributed by atoms with Gasteiger partial charge in [0.15, 0.2) is 0 Å². The molecule has 0 aliphatic carbocycles. The molecule has 1 N–H and O–H groups in total. The molecule has 3 rings (SSSR count). The van der Waals surface area contributed by atoms with Gasteiger partial charge in [0.1, 0.15) is 11.5 Å². The molecule has 2 heterocycles. The van der Waals surface area contributed by atoms with Crippen LogP contribution in [-0.4, -0.2) is 42.4 Å². The van der Waals surface area contributed by atoms with E-state index in [9.17, 15) is 5.11 Å². The summed E-state index contributed by atoms with van der Waals surface area (Å²) in [6.07, 6.45) is 0. The van der Waals surface area contributed by atoms with E-state index in [1.807, 2.05) is 31.2 Å². The first-order chi connectivity index (χ1) is 10.3. The lowest BCUT2D eigenvalue weighted by Gasteiger charge is -2.34. The highest BCUT2D eigenvalue weighted by Gasteiger charge is 2.23. The van der Waals surface area contributed by atoms with Crippen molar-refractivity contribution in [2.75, 3.05) is 26.4 Å². The van der Waals surface area contributed by atoms with Crippen LogP contribution in [0.3, 0.4) is 0 Å². The monoisotopic (exact) mass is 287 g/mol. The van der Waals surface area contributed by atoms with Gasteiger partial charge in [-0.15, -0.1) is 0 Å². The van der Waals surface area contributed by atoms with Crippen molar-refractivity contribution in [1.82, 2.24) is 4.90 Å². The summed E-state index contributed by atoms with van der Waals surface area (Å²) in [6.45, 7) is 5.04. The molecular weight excluding hydrogens is 266 g/mol. The van der Waals surface area contributed by atoms with Crippen molar-refractivity contribution in [2.45, 2.75) is 19.5 Å². The normalized spacial score (nSPS) is 19.8. The van der Waals surface area contributed by atoms with Crippen LogP contribution in [0.1, 0.15) is 11.3 Å². The number of benzene rings is 1. The molecule has 1 aliphatic rings. The Labute approximate surface area is 124 Å². The topological polar surface area (TPSA) is 45.8 Å². The van der Waals surface area contributed by atoms with Crippen molar-refractivity contribution in [2.24, 2.45) is 0 Å². The molecular formula is C17H21NO3. The minimum Gasteiger partial charge on any atom is -0.461 e. The number of ether oxygens (including phenoxy) is 1. The third kappa shape index (κ3) is 3.18. The van der Waals surface area contributed by atoms with E-state index >= 15 is 0 Å². The second-order valence-electron chi connectivity index (χ2n) is 5.45. The molecule has 4 nitrogen and oxygen atoms in total. The van der Waals surface area contributed by atoms with Crippen LogP contribution >= 0.6 is 0 Å². The molecule has 1 saturated heterocycles. The maximum absolute atomic E-state index is 9.49. The van der Waals surface area contributed by atoms with E-state index in [-0.39, 0.29) is 12.6 Å². The fraction of sp³-hybridized carbons (Fsp3) is 0.412. The number of furan rings is 1. The number of aliphatic hydroxyl groups is 1. The summed E-state index contributed by atoms with van der Waals surface area (Å²) in [6, 6.07) is 12.3. The summed E-state index contributed by atoms with van der Waals surface area (Å²) in [4.78, 5) is 2.28. The van der Waals surface area contributed by atoms with Crippen LogP contribution in [0.4, 0.5) is 0 Å². The molecule has 1 aromatic carbocycles. The molecule has 21 heavy (non-hydrogen) atoms. The standard InChI is InChI=1S/C17H21NO3/c1-13-6-7-17(21-13)16-5-3-2-4-14(16)10-18-8-9-20-12-15(18)11-19/h2-7,15,19H,8-12H2,1H3/t15-/m1/s1. The number of aliphatic hydroxyl groups excluding tert-OH is 1. The van der Waals surface area contributed by atoms with Gasteiger partial charge >= 0.3 is 0 Å². The second kappa shape index (κ2) is 6.43. The molecule has 1 aromatic heterocycles. The van der Waals surface area contributed by atoms with Gasteiger partial charge in [-0.2, -0.15) is 0 Å². The van der Waals surface area contributed by atoms with Gasteiger partial charge < -0.3 is 14.3 Å². The van der Waals surface area contributed by atoms with Crippen LogP contribution in [0.5, 0.6) is 0 Å².